The van der Waals surface area contributed by atoms with Crippen molar-refractivity contribution in [1.82, 2.24) is 0 Å². The quantitative estimate of drug-likeness (QED) is 0.578. The van der Waals surface area contributed by atoms with Gasteiger partial charge in [-0.1, -0.05) is 0 Å². The molecular weight excluding hydrogens is 182 g/mol. The first kappa shape index (κ1) is 6.88. The maximum absolute atomic E-state index is 5.36. The van der Waals surface area contributed by atoms with Gasteiger partial charge < -0.3 is 0 Å². The van der Waals surface area contributed by atoms with Crippen molar-refractivity contribution >= 4 is 36.4 Å². The molecular formula is C3H4AsCl2. The van der Waals surface area contributed by atoms with E-state index in [0.29, 0.717) is 0 Å². The van der Waals surface area contributed by atoms with Gasteiger partial charge in [-0.2, -0.15) is 0 Å². The summed E-state index contributed by atoms with van der Waals surface area (Å²) >= 11 is 5.17. The Labute approximate surface area is 53.4 Å². The van der Waals surface area contributed by atoms with E-state index in [-0.39, 0.29) is 14.8 Å². The summed E-state index contributed by atoms with van der Waals surface area (Å²) in [5.74, 6) is 0. The third-order valence-electron chi connectivity index (χ3n) is 0.264. The predicted octanol–water partition coefficient (Wildman–Crippen LogP) is 2.02. The van der Waals surface area contributed by atoms with Gasteiger partial charge in [0.15, 0.2) is 0 Å². The van der Waals surface area contributed by atoms with Crippen molar-refractivity contribution in [3.05, 3.63) is 11.6 Å². The van der Waals surface area contributed by atoms with Gasteiger partial charge >= 0.3 is 53.2 Å². The van der Waals surface area contributed by atoms with Crippen LogP contribution in [0.15, 0.2) is 11.6 Å². The molecule has 0 unspecified atom stereocenters. The van der Waals surface area contributed by atoms with Gasteiger partial charge in [0.2, 0.25) is 0 Å². The van der Waals surface area contributed by atoms with Crippen molar-refractivity contribution < 1.29 is 0 Å². The van der Waals surface area contributed by atoms with Crippen LogP contribution in [-0.4, -0.2) is 14.8 Å². The SMILES string of the molecule is Cl/C=C/C[As]Cl. The zero-order valence-corrected chi connectivity index (χ0v) is 6.45. The molecule has 1 radical (unpaired) electrons. The molecule has 35 valence electrons. The molecule has 0 aliphatic rings. The van der Waals surface area contributed by atoms with Gasteiger partial charge in [-0.3, -0.25) is 0 Å². The van der Waals surface area contributed by atoms with E-state index >= 15 is 0 Å². The van der Waals surface area contributed by atoms with Crippen LogP contribution in [0.3, 0.4) is 0 Å². The van der Waals surface area contributed by atoms with Crippen LogP contribution in [0.25, 0.3) is 0 Å². The van der Waals surface area contributed by atoms with Crippen LogP contribution in [0.5, 0.6) is 0 Å². The summed E-state index contributed by atoms with van der Waals surface area (Å²) in [7, 11) is 5.36. The maximum atomic E-state index is 5.36. The summed E-state index contributed by atoms with van der Waals surface area (Å²) in [5.41, 5.74) is 1.50. The summed E-state index contributed by atoms with van der Waals surface area (Å²) in [6.45, 7) is 0. The van der Waals surface area contributed by atoms with E-state index < -0.39 is 0 Å². The van der Waals surface area contributed by atoms with Gasteiger partial charge in [0.25, 0.3) is 0 Å². The predicted molar refractivity (Wildman–Crippen MR) is 31.4 cm³/mol. The van der Waals surface area contributed by atoms with Crippen LogP contribution >= 0.6 is 21.6 Å². The zero-order valence-electron chi connectivity index (χ0n) is 3.06. The van der Waals surface area contributed by atoms with Crippen LogP contribution in [0, 0.1) is 0 Å². The van der Waals surface area contributed by atoms with Gasteiger partial charge in [0.05, 0.1) is 0 Å². The molecule has 0 aliphatic heterocycles. The van der Waals surface area contributed by atoms with Crippen LogP contribution < -0.4 is 0 Å². The molecule has 0 nitrogen and oxygen atoms in total. The first-order chi connectivity index (χ1) is 2.91. The second-order valence-electron chi connectivity index (χ2n) is 0.664. The number of rotatable bonds is 2. The van der Waals surface area contributed by atoms with Crippen LogP contribution in [-0.2, 0) is 0 Å². The van der Waals surface area contributed by atoms with Gasteiger partial charge in [-0.05, 0) is 0 Å². The fourth-order valence-corrected chi connectivity index (χ4v) is 1.24. The van der Waals surface area contributed by atoms with Crippen molar-refractivity contribution in [3.63, 3.8) is 0 Å². The molecule has 0 atom stereocenters. The fourth-order valence-electron chi connectivity index (χ4n) is 0.0797. The molecule has 0 rings (SSSR count). The topological polar surface area (TPSA) is 0 Å². The van der Waals surface area contributed by atoms with E-state index in [2.05, 4.69) is 0 Å². The molecule has 3 heteroatoms. The summed E-state index contributed by atoms with van der Waals surface area (Å²) in [6.07, 6.45) is 1.86. The molecule has 0 amide bonds. The van der Waals surface area contributed by atoms with Crippen molar-refractivity contribution in [2.75, 3.05) is 0 Å². The van der Waals surface area contributed by atoms with Gasteiger partial charge in [-0.25, -0.2) is 0 Å². The Morgan fingerprint density at radius 2 is 2.33 bits per heavy atom. The average Bonchev–Trinajstić information content (AvgIpc) is 1.61. The third-order valence-corrected chi connectivity index (χ3v) is 1.89. The third kappa shape index (κ3) is 4.88. The Balaban J connectivity index is 2.66. The molecule has 0 aromatic heterocycles. The number of allylic oxidation sites excluding steroid dienone is 1. The summed E-state index contributed by atoms with van der Waals surface area (Å²) in [6, 6.07) is 0. The minimum absolute atomic E-state index is 0.0134. The van der Waals surface area contributed by atoms with E-state index in [9.17, 15) is 0 Å². The molecule has 0 aromatic rings. The van der Waals surface area contributed by atoms with Gasteiger partial charge in [0, 0.05) is 0 Å². The Kier molecular flexibility index (Phi) is 6.74. The Hall–Kier alpha value is 0.878. The van der Waals surface area contributed by atoms with E-state index in [1.54, 1.807) is 0 Å². The second-order valence-corrected chi connectivity index (χ2v) is 3.43. The molecule has 0 heterocycles. The van der Waals surface area contributed by atoms with Crippen LogP contribution in [0.1, 0.15) is 0 Å². The van der Waals surface area contributed by atoms with Crippen molar-refractivity contribution in [2.45, 2.75) is 5.21 Å². The molecule has 0 bridgehead atoms. The Bertz CT molecular complexity index is 44.1. The molecule has 0 spiro atoms. The van der Waals surface area contributed by atoms with E-state index in [1.807, 2.05) is 6.08 Å². The average molecular weight is 186 g/mol. The molecule has 0 saturated heterocycles. The zero-order chi connectivity index (χ0) is 4.83. The Morgan fingerprint density at radius 1 is 1.67 bits per heavy atom. The fraction of sp³-hybridized carbons (Fsp3) is 0.333. The van der Waals surface area contributed by atoms with Crippen LogP contribution in [0.2, 0.25) is 5.21 Å². The number of halogens is 2. The first-order valence-corrected chi connectivity index (χ1v) is 5.67. The molecule has 0 fully saturated rings. The normalized spacial score (nSPS) is 12.3. The van der Waals surface area contributed by atoms with Gasteiger partial charge in [-0.15, -0.1) is 0 Å². The second kappa shape index (κ2) is 5.88. The standard InChI is InChI=1S/C3H4AsCl2/c5-3-1-2-4-6/h1,3H,2H2/b3-1+. The summed E-state index contributed by atoms with van der Waals surface area (Å²) < 4.78 is 0. The monoisotopic (exact) mass is 185 g/mol. The number of hydrogen-bond acceptors (Lipinski definition) is 0. The summed E-state index contributed by atoms with van der Waals surface area (Å²) in [5, 5.41) is 0.960. The van der Waals surface area contributed by atoms with E-state index in [1.165, 1.54) is 5.54 Å². The van der Waals surface area contributed by atoms with Gasteiger partial charge in [0.1, 0.15) is 0 Å². The number of hydrogen-bond donors (Lipinski definition) is 0. The van der Waals surface area contributed by atoms with Crippen molar-refractivity contribution in [3.8, 4) is 0 Å². The molecule has 0 aliphatic carbocycles. The molecule has 0 saturated carbocycles. The molecule has 6 heavy (non-hydrogen) atoms. The first-order valence-electron chi connectivity index (χ1n) is 1.45. The van der Waals surface area contributed by atoms with Crippen LogP contribution in [0.4, 0.5) is 0 Å². The van der Waals surface area contributed by atoms with Crippen molar-refractivity contribution in [1.29, 1.82) is 0 Å². The van der Waals surface area contributed by atoms with Crippen molar-refractivity contribution in [2.24, 2.45) is 0 Å². The van der Waals surface area contributed by atoms with E-state index in [4.69, 9.17) is 21.6 Å². The minimum atomic E-state index is 0.0134. The van der Waals surface area contributed by atoms with E-state index in [0.717, 1.165) is 5.21 Å². The molecule has 0 aromatic carbocycles. The summed E-state index contributed by atoms with van der Waals surface area (Å²) in [4.78, 5) is 0. The Morgan fingerprint density at radius 3 is 2.50 bits per heavy atom. The molecule has 0 N–H and O–H groups in total.